The van der Waals surface area contributed by atoms with E-state index in [1.807, 2.05) is 48.5 Å². The summed E-state index contributed by atoms with van der Waals surface area (Å²) in [6, 6.07) is 19.6. The van der Waals surface area contributed by atoms with Crippen LogP contribution in [0.2, 0.25) is 0 Å². The zero-order valence-corrected chi connectivity index (χ0v) is 17.5. The molecule has 1 amide bonds. The molecule has 2 heterocycles. The quantitative estimate of drug-likeness (QED) is 0.404. The molecule has 0 radical (unpaired) electrons. The minimum Gasteiger partial charge on any atom is -0.497 e. The number of hydrogen-bond acceptors (Lipinski definition) is 7. The van der Waals surface area contributed by atoms with Crippen molar-refractivity contribution < 1.29 is 14.1 Å². The molecule has 0 fully saturated rings. The Morgan fingerprint density at radius 3 is 2.74 bits per heavy atom. The van der Waals surface area contributed by atoms with Gasteiger partial charge in [0.2, 0.25) is 17.6 Å². The highest BCUT2D eigenvalue weighted by Gasteiger charge is 2.13. The van der Waals surface area contributed by atoms with E-state index < -0.39 is 0 Å². The lowest BCUT2D eigenvalue weighted by Gasteiger charge is -1.99. The number of carbonyl (C=O) groups is 1. The van der Waals surface area contributed by atoms with Crippen LogP contribution >= 0.6 is 11.3 Å². The number of aromatic nitrogens is 3. The maximum atomic E-state index is 12.4. The van der Waals surface area contributed by atoms with Crippen LogP contribution in [0.5, 0.6) is 5.75 Å². The third-order valence-electron chi connectivity index (χ3n) is 4.91. The molecular weight excluding hydrogens is 412 g/mol. The number of ether oxygens (including phenoxy) is 1. The monoisotopic (exact) mass is 430 g/mol. The topological polar surface area (TPSA) is 90.1 Å². The van der Waals surface area contributed by atoms with E-state index in [2.05, 4.69) is 32.6 Å². The molecule has 0 aliphatic heterocycles. The van der Waals surface area contributed by atoms with E-state index in [1.54, 1.807) is 7.11 Å². The van der Waals surface area contributed by atoms with Crippen molar-refractivity contribution in [3.8, 4) is 17.1 Å². The Labute approximate surface area is 181 Å². The number of nitrogens with one attached hydrogen (secondary N) is 1. The number of nitrogens with zero attached hydrogens (tertiary/aromatic N) is 3. The standard InChI is InChI=1S/C23H18N4O3S/c1-29-16-9-6-15(7-10-16)22-25-20(30-27-22)13-12-19(28)24-23-26-21-17-5-3-2-4-14(17)8-11-18(21)31-23/h2-11H,12-13H2,1H3,(H,24,26,28). The SMILES string of the molecule is COc1ccc(-c2noc(CCC(=O)Nc3nc4c(ccc5ccccc54)s3)n2)cc1. The van der Waals surface area contributed by atoms with Crippen molar-refractivity contribution >= 4 is 43.4 Å². The van der Waals surface area contributed by atoms with Crippen LogP contribution in [0.4, 0.5) is 5.13 Å². The summed E-state index contributed by atoms with van der Waals surface area (Å²) in [6.07, 6.45) is 0.573. The molecule has 2 aromatic heterocycles. The molecule has 7 nitrogen and oxygen atoms in total. The number of rotatable bonds is 6. The van der Waals surface area contributed by atoms with Gasteiger partial charge in [0, 0.05) is 23.8 Å². The number of hydrogen-bond donors (Lipinski definition) is 1. The molecular formula is C23H18N4O3S. The lowest BCUT2D eigenvalue weighted by atomic mass is 10.1. The van der Waals surface area contributed by atoms with Crippen LogP contribution < -0.4 is 10.1 Å². The van der Waals surface area contributed by atoms with Crippen molar-refractivity contribution in [2.45, 2.75) is 12.8 Å². The first kappa shape index (κ1) is 19.2. The summed E-state index contributed by atoms with van der Waals surface area (Å²) in [7, 11) is 1.61. The van der Waals surface area contributed by atoms with Crippen molar-refractivity contribution in [3.63, 3.8) is 0 Å². The fraction of sp³-hybridized carbons (Fsp3) is 0.130. The lowest BCUT2D eigenvalue weighted by molar-refractivity contribution is -0.116. The number of benzene rings is 3. The predicted molar refractivity (Wildman–Crippen MR) is 120 cm³/mol. The number of thiazole rings is 1. The molecule has 0 spiro atoms. The van der Waals surface area contributed by atoms with Gasteiger partial charge in [0.15, 0.2) is 5.13 Å². The molecule has 0 aliphatic carbocycles. The summed E-state index contributed by atoms with van der Waals surface area (Å²) >= 11 is 1.46. The zero-order chi connectivity index (χ0) is 21.2. The third-order valence-corrected chi connectivity index (χ3v) is 5.85. The van der Waals surface area contributed by atoms with Gasteiger partial charge in [-0.25, -0.2) is 4.98 Å². The van der Waals surface area contributed by atoms with Crippen LogP contribution in [0.3, 0.4) is 0 Å². The van der Waals surface area contributed by atoms with Gasteiger partial charge in [0.1, 0.15) is 5.75 Å². The van der Waals surface area contributed by atoms with E-state index in [0.29, 0.717) is 23.3 Å². The first-order chi connectivity index (χ1) is 15.2. The molecule has 0 atom stereocenters. The van der Waals surface area contributed by atoms with E-state index in [-0.39, 0.29) is 12.3 Å². The van der Waals surface area contributed by atoms with Gasteiger partial charge < -0.3 is 14.6 Å². The Balaban J connectivity index is 1.24. The molecule has 0 bridgehead atoms. The Kier molecular flexibility index (Phi) is 5.05. The average molecular weight is 430 g/mol. The van der Waals surface area contributed by atoms with Gasteiger partial charge in [-0.05, 0) is 35.7 Å². The number of methoxy groups -OCH3 is 1. The van der Waals surface area contributed by atoms with E-state index in [0.717, 1.165) is 32.3 Å². The molecule has 3 aromatic carbocycles. The first-order valence-corrected chi connectivity index (χ1v) is 10.6. The maximum absolute atomic E-state index is 12.4. The van der Waals surface area contributed by atoms with Gasteiger partial charge in [-0.1, -0.05) is 46.8 Å². The molecule has 0 aliphatic rings. The van der Waals surface area contributed by atoms with Crippen LogP contribution in [-0.2, 0) is 11.2 Å². The Morgan fingerprint density at radius 2 is 1.90 bits per heavy atom. The van der Waals surface area contributed by atoms with Crippen LogP contribution in [0, 0.1) is 0 Å². The van der Waals surface area contributed by atoms with Gasteiger partial charge in [0.25, 0.3) is 0 Å². The van der Waals surface area contributed by atoms with Crippen molar-refractivity contribution in [3.05, 3.63) is 66.6 Å². The summed E-state index contributed by atoms with van der Waals surface area (Å²) in [5, 5.41) is 9.66. The van der Waals surface area contributed by atoms with Crippen LogP contribution in [0.15, 0.2) is 65.2 Å². The predicted octanol–water partition coefficient (Wildman–Crippen LogP) is 5.08. The largest absolute Gasteiger partial charge is 0.497 e. The first-order valence-electron chi connectivity index (χ1n) is 9.75. The van der Waals surface area contributed by atoms with Crippen LogP contribution in [0.25, 0.3) is 32.4 Å². The van der Waals surface area contributed by atoms with Gasteiger partial charge >= 0.3 is 0 Å². The van der Waals surface area contributed by atoms with Gasteiger partial charge in [0.05, 0.1) is 17.3 Å². The fourth-order valence-electron chi connectivity index (χ4n) is 3.33. The zero-order valence-electron chi connectivity index (χ0n) is 16.7. The van der Waals surface area contributed by atoms with Crippen LogP contribution in [-0.4, -0.2) is 28.1 Å². The summed E-state index contributed by atoms with van der Waals surface area (Å²) in [5.74, 6) is 1.51. The summed E-state index contributed by atoms with van der Waals surface area (Å²) < 4.78 is 11.5. The molecule has 0 saturated heterocycles. The van der Waals surface area contributed by atoms with Gasteiger partial charge in [-0.15, -0.1) is 0 Å². The second kappa shape index (κ2) is 8.16. The molecule has 0 saturated carbocycles. The number of anilines is 1. The van der Waals surface area contributed by atoms with E-state index in [4.69, 9.17) is 9.26 Å². The second-order valence-corrected chi connectivity index (χ2v) is 7.97. The molecule has 5 rings (SSSR count). The molecule has 5 aromatic rings. The van der Waals surface area contributed by atoms with Crippen LogP contribution in [0.1, 0.15) is 12.3 Å². The van der Waals surface area contributed by atoms with Crippen molar-refractivity contribution in [1.29, 1.82) is 0 Å². The number of fused-ring (bicyclic) bond motifs is 3. The summed E-state index contributed by atoms with van der Waals surface area (Å²) in [4.78, 5) is 21.4. The Morgan fingerprint density at radius 1 is 1.06 bits per heavy atom. The van der Waals surface area contributed by atoms with E-state index in [1.165, 1.54) is 11.3 Å². The van der Waals surface area contributed by atoms with Crippen molar-refractivity contribution in [2.75, 3.05) is 12.4 Å². The average Bonchev–Trinajstić information content (AvgIpc) is 3.44. The highest BCUT2D eigenvalue weighted by Crippen LogP contribution is 2.31. The fourth-order valence-corrected chi connectivity index (χ4v) is 4.23. The van der Waals surface area contributed by atoms with Gasteiger partial charge in [-0.3, -0.25) is 4.79 Å². The highest BCUT2D eigenvalue weighted by molar-refractivity contribution is 7.22. The molecule has 0 unspecified atom stereocenters. The Bertz CT molecular complexity index is 1370. The van der Waals surface area contributed by atoms with E-state index in [9.17, 15) is 4.79 Å². The normalized spacial score (nSPS) is 11.1. The number of aryl methyl sites for hydroxylation is 1. The molecule has 31 heavy (non-hydrogen) atoms. The third kappa shape index (κ3) is 3.97. The van der Waals surface area contributed by atoms with Crippen molar-refractivity contribution in [2.24, 2.45) is 0 Å². The number of carbonyl (C=O) groups excluding carboxylic acids is 1. The number of amides is 1. The molecule has 1 N–H and O–H groups in total. The minimum atomic E-state index is -0.146. The Hall–Kier alpha value is -3.78. The molecule has 154 valence electrons. The minimum absolute atomic E-state index is 0.146. The maximum Gasteiger partial charge on any atom is 0.227 e. The van der Waals surface area contributed by atoms with Crippen molar-refractivity contribution in [1.82, 2.24) is 15.1 Å². The summed E-state index contributed by atoms with van der Waals surface area (Å²) in [5.41, 5.74) is 1.72. The second-order valence-electron chi connectivity index (χ2n) is 6.94. The molecule has 8 heteroatoms. The van der Waals surface area contributed by atoms with E-state index >= 15 is 0 Å². The van der Waals surface area contributed by atoms with Gasteiger partial charge in [-0.2, -0.15) is 4.98 Å². The smallest absolute Gasteiger partial charge is 0.227 e. The summed E-state index contributed by atoms with van der Waals surface area (Å²) in [6.45, 7) is 0. The highest BCUT2D eigenvalue weighted by atomic mass is 32.1. The lowest BCUT2D eigenvalue weighted by Crippen LogP contribution is -2.12.